The van der Waals surface area contributed by atoms with E-state index in [0.29, 0.717) is 11.2 Å². The third-order valence-corrected chi connectivity index (χ3v) is 4.72. The van der Waals surface area contributed by atoms with Crippen LogP contribution in [0.4, 0.5) is 0 Å². The summed E-state index contributed by atoms with van der Waals surface area (Å²) in [5, 5.41) is 13.1. The van der Waals surface area contributed by atoms with Gasteiger partial charge in [-0.3, -0.25) is 0 Å². The number of nitrogens with one attached hydrogen (secondary N) is 1. The molecule has 1 unspecified atom stereocenters. The maximum absolute atomic E-state index is 9.69. The number of hydrogen-bond acceptors (Lipinski definition) is 2. The maximum atomic E-state index is 9.69. The molecule has 0 spiro atoms. The first-order chi connectivity index (χ1) is 9.01. The van der Waals surface area contributed by atoms with Crippen LogP contribution in [0.2, 0.25) is 0 Å². The smallest absolute Gasteiger partial charge is 0.120 e. The summed E-state index contributed by atoms with van der Waals surface area (Å²) >= 11 is 0. The summed E-state index contributed by atoms with van der Waals surface area (Å²) < 4.78 is 0. The third kappa shape index (κ3) is 3.19. The second-order valence-corrected chi connectivity index (χ2v) is 6.14. The molecule has 0 bridgehead atoms. The molecule has 2 heteroatoms. The minimum absolute atomic E-state index is 0.344. The van der Waals surface area contributed by atoms with Crippen molar-refractivity contribution in [2.75, 3.05) is 6.54 Å². The standard InChI is InChI=1S/C17H25NO/c1-13-8-9-15(17(13,2)3)10-11-18-12-14-6-4-5-7-16(14)19/h4-8,15,18-19H,9-12H2,1-3H3. The highest BCUT2D eigenvalue weighted by Gasteiger charge is 2.34. The zero-order chi connectivity index (χ0) is 13.9. The molecule has 0 aromatic heterocycles. The number of rotatable bonds is 5. The lowest BCUT2D eigenvalue weighted by atomic mass is 9.76. The van der Waals surface area contributed by atoms with Gasteiger partial charge in [-0.15, -0.1) is 0 Å². The van der Waals surface area contributed by atoms with Crippen molar-refractivity contribution in [3.8, 4) is 5.75 Å². The van der Waals surface area contributed by atoms with Crippen LogP contribution >= 0.6 is 0 Å². The lowest BCUT2D eigenvalue weighted by Gasteiger charge is -2.29. The van der Waals surface area contributed by atoms with Crippen LogP contribution in [0.15, 0.2) is 35.9 Å². The van der Waals surface area contributed by atoms with Gasteiger partial charge in [-0.25, -0.2) is 0 Å². The fourth-order valence-electron chi connectivity index (χ4n) is 2.84. The normalized spacial score (nSPS) is 21.4. The first-order valence-corrected chi connectivity index (χ1v) is 7.16. The molecule has 104 valence electrons. The van der Waals surface area contributed by atoms with Crippen LogP contribution in [0.3, 0.4) is 0 Å². The second-order valence-electron chi connectivity index (χ2n) is 6.14. The number of allylic oxidation sites excluding steroid dienone is 2. The molecule has 0 aliphatic heterocycles. The number of phenolic OH excluding ortho intramolecular Hbond substituents is 1. The Morgan fingerprint density at radius 1 is 1.32 bits per heavy atom. The molecule has 1 aromatic rings. The van der Waals surface area contributed by atoms with Crippen LogP contribution in [0.1, 0.15) is 39.2 Å². The second kappa shape index (κ2) is 5.79. The predicted octanol–water partition coefficient (Wildman–Crippen LogP) is 3.86. The molecule has 2 N–H and O–H groups in total. The molecule has 0 saturated heterocycles. The molecule has 0 fully saturated rings. The molecule has 1 aliphatic carbocycles. The SMILES string of the molecule is CC1=CCC(CCNCc2ccccc2O)C1(C)C. The minimum Gasteiger partial charge on any atom is -0.508 e. The van der Waals surface area contributed by atoms with Crippen LogP contribution in [0.5, 0.6) is 5.75 Å². The molecule has 2 nitrogen and oxygen atoms in total. The van der Waals surface area contributed by atoms with Gasteiger partial charge in [0.1, 0.15) is 5.75 Å². The van der Waals surface area contributed by atoms with Crippen molar-refractivity contribution < 1.29 is 5.11 Å². The van der Waals surface area contributed by atoms with Gasteiger partial charge < -0.3 is 10.4 Å². The van der Waals surface area contributed by atoms with E-state index < -0.39 is 0 Å². The molecule has 0 radical (unpaired) electrons. The van der Waals surface area contributed by atoms with Crippen molar-refractivity contribution in [2.45, 2.75) is 40.2 Å². The maximum Gasteiger partial charge on any atom is 0.120 e. The number of hydrogen-bond donors (Lipinski definition) is 2. The highest BCUT2D eigenvalue weighted by Crippen LogP contribution is 2.44. The Morgan fingerprint density at radius 3 is 2.68 bits per heavy atom. The predicted molar refractivity (Wildman–Crippen MR) is 80.1 cm³/mol. The fraction of sp³-hybridized carbons (Fsp3) is 0.529. The summed E-state index contributed by atoms with van der Waals surface area (Å²) in [6.07, 6.45) is 4.78. The molecule has 0 saturated carbocycles. The highest BCUT2D eigenvalue weighted by atomic mass is 16.3. The largest absolute Gasteiger partial charge is 0.508 e. The van der Waals surface area contributed by atoms with Gasteiger partial charge in [0, 0.05) is 12.1 Å². The molecular weight excluding hydrogens is 234 g/mol. The number of phenols is 1. The van der Waals surface area contributed by atoms with Crippen LogP contribution in [0, 0.1) is 11.3 Å². The number of para-hydroxylation sites is 1. The van der Waals surface area contributed by atoms with E-state index in [1.165, 1.54) is 18.4 Å². The van der Waals surface area contributed by atoms with E-state index in [4.69, 9.17) is 0 Å². The lowest BCUT2D eigenvalue weighted by molar-refractivity contribution is 0.272. The first-order valence-electron chi connectivity index (χ1n) is 7.16. The molecule has 19 heavy (non-hydrogen) atoms. The topological polar surface area (TPSA) is 32.3 Å². The molecule has 0 amide bonds. The zero-order valence-corrected chi connectivity index (χ0v) is 12.2. The summed E-state index contributed by atoms with van der Waals surface area (Å²) in [5.74, 6) is 1.12. The van der Waals surface area contributed by atoms with Gasteiger partial charge in [-0.2, -0.15) is 0 Å². The van der Waals surface area contributed by atoms with E-state index in [9.17, 15) is 5.11 Å². The Balaban J connectivity index is 1.75. The van der Waals surface area contributed by atoms with E-state index >= 15 is 0 Å². The molecule has 0 heterocycles. The monoisotopic (exact) mass is 259 g/mol. The van der Waals surface area contributed by atoms with Gasteiger partial charge in [-0.05, 0) is 43.7 Å². The molecule has 1 aromatic carbocycles. The minimum atomic E-state index is 0.344. The molecular formula is C17H25NO. The Kier molecular flexibility index (Phi) is 4.31. The molecule has 2 rings (SSSR count). The summed E-state index contributed by atoms with van der Waals surface area (Å²) in [4.78, 5) is 0. The highest BCUT2D eigenvalue weighted by molar-refractivity contribution is 5.31. The summed E-state index contributed by atoms with van der Waals surface area (Å²) in [6.45, 7) is 8.68. The first kappa shape index (κ1) is 14.1. The Hall–Kier alpha value is -1.28. The average Bonchev–Trinajstić information content (AvgIpc) is 2.63. The summed E-state index contributed by atoms with van der Waals surface area (Å²) in [6, 6.07) is 7.52. The van der Waals surface area contributed by atoms with Gasteiger partial charge in [0.05, 0.1) is 0 Å². The van der Waals surface area contributed by atoms with Crippen molar-refractivity contribution in [1.29, 1.82) is 0 Å². The van der Waals surface area contributed by atoms with Crippen LogP contribution < -0.4 is 5.32 Å². The van der Waals surface area contributed by atoms with E-state index in [-0.39, 0.29) is 0 Å². The number of benzene rings is 1. The van der Waals surface area contributed by atoms with E-state index in [2.05, 4.69) is 32.2 Å². The van der Waals surface area contributed by atoms with Gasteiger partial charge in [0.2, 0.25) is 0 Å². The van der Waals surface area contributed by atoms with Crippen molar-refractivity contribution in [2.24, 2.45) is 11.3 Å². The van der Waals surface area contributed by atoms with Crippen molar-refractivity contribution in [3.63, 3.8) is 0 Å². The molecule has 1 atom stereocenters. The van der Waals surface area contributed by atoms with Gasteiger partial charge in [0.15, 0.2) is 0 Å². The van der Waals surface area contributed by atoms with Crippen LogP contribution in [-0.4, -0.2) is 11.7 Å². The number of aromatic hydroxyl groups is 1. The Morgan fingerprint density at radius 2 is 2.05 bits per heavy atom. The molecule has 1 aliphatic rings. The van der Waals surface area contributed by atoms with E-state index in [0.717, 1.165) is 24.6 Å². The quantitative estimate of drug-likeness (QED) is 0.621. The van der Waals surface area contributed by atoms with Crippen LogP contribution in [-0.2, 0) is 6.54 Å². The van der Waals surface area contributed by atoms with Gasteiger partial charge >= 0.3 is 0 Å². The fourth-order valence-corrected chi connectivity index (χ4v) is 2.84. The van der Waals surface area contributed by atoms with Crippen molar-refractivity contribution in [3.05, 3.63) is 41.5 Å². The summed E-state index contributed by atoms with van der Waals surface area (Å²) in [5.41, 5.74) is 2.84. The van der Waals surface area contributed by atoms with Crippen molar-refractivity contribution >= 4 is 0 Å². The van der Waals surface area contributed by atoms with Gasteiger partial charge in [-0.1, -0.05) is 43.7 Å². The lowest BCUT2D eigenvalue weighted by Crippen LogP contribution is -2.25. The Bertz CT molecular complexity index is 462. The average molecular weight is 259 g/mol. The third-order valence-electron chi connectivity index (χ3n) is 4.72. The van der Waals surface area contributed by atoms with E-state index in [1.54, 1.807) is 6.07 Å². The van der Waals surface area contributed by atoms with E-state index in [1.807, 2.05) is 18.2 Å². The van der Waals surface area contributed by atoms with Gasteiger partial charge in [0.25, 0.3) is 0 Å². The van der Waals surface area contributed by atoms with Crippen molar-refractivity contribution in [1.82, 2.24) is 5.32 Å². The van der Waals surface area contributed by atoms with Crippen LogP contribution in [0.25, 0.3) is 0 Å². The zero-order valence-electron chi connectivity index (χ0n) is 12.2. The Labute approximate surface area is 116 Å². The summed E-state index contributed by atoms with van der Waals surface area (Å²) in [7, 11) is 0.